The summed E-state index contributed by atoms with van der Waals surface area (Å²) in [6, 6.07) is 3.68. The zero-order valence-electron chi connectivity index (χ0n) is 6.49. The monoisotopic (exact) mass is 172 g/mol. The second-order valence-corrected chi connectivity index (χ2v) is 2.26. The number of nitrogens with zero attached hydrogens (tertiary/aromatic N) is 6. The standard InChI is InChI=1S/C7H4N6/c8-3-6-4-9-2-1-7(6)13-5-10-11-12-13/h1-2,4-5H. The highest BCUT2D eigenvalue weighted by molar-refractivity contribution is 5.45. The second kappa shape index (κ2) is 2.98. The number of rotatable bonds is 1. The minimum atomic E-state index is 0.440. The molecule has 0 aliphatic rings. The van der Waals surface area contributed by atoms with Crippen molar-refractivity contribution in [2.75, 3.05) is 0 Å². The van der Waals surface area contributed by atoms with Crippen molar-refractivity contribution < 1.29 is 0 Å². The first-order valence-electron chi connectivity index (χ1n) is 3.49. The van der Waals surface area contributed by atoms with E-state index in [1.54, 1.807) is 12.3 Å². The van der Waals surface area contributed by atoms with Gasteiger partial charge in [0.05, 0.1) is 11.3 Å². The van der Waals surface area contributed by atoms with E-state index >= 15 is 0 Å². The molecule has 0 saturated carbocycles. The fourth-order valence-corrected chi connectivity index (χ4v) is 0.945. The molecular formula is C7H4N6. The Labute approximate surface area is 73.4 Å². The first-order valence-corrected chi connectivity index (χ1v) is 3.49. The molecule has 0 aliphatic heterocycles. The van der Waals surface area contributed by atoms with Gasteiger partial charge >= 0.3 is 0 Å². The van der Waals surface area contributed by atoms with Gasteiger partial charge in [-0.3, -0.25) is 4.98 Å². The Morgan fingerprint density at radius 2 is 2.38 bits per heavy atom. The topological polar surface area (TPSA) is 80.3 Å². The summed E-state index contributed by atoms with van der Waals surface area (Å²) in [5.74, 6) is 0. The summed E-state index contributed by atoms with van der Waals surface area (Å²) in [5.41, 5.74) is 1.07. The summed E-state index contributed by atoms with van der Waals surface area (Å²) in [6.45, 7) is 0. The molecule has 0 unspecified atom stereocenters. The number of pyridine rings is 1. The van der Waals surface area contributed by atoms with Gasteiger partial charge in [-0.25, -0.2) is 0 Å². The van der Waals surface area contributed by atoms with Crippen LogP contribution in [0.4, 0.5) is 0 Å². The molecular weight excluding hydrogens is 168 g/mol. The van der Waals surface area contributed by atoms with Crippen molar-refractivity contribution in [1.82, 2.24) is 25.2 Å². The van der Waals surface area contributed by atoms with Crippen LogP contribution >= 0.6 is 0 Å². The van der Waals surface area contributed by atoms with Crippen molar-refractivity contribution in [1.29, 1.82) is 5.26 Å². The summed E-state index contributed by atoms with van der Waals surface area (Å²) < 4.78 is 1.42. The molecule has 0 radical (unpaired) electrons. The van der Waals surface area contributed by atoms with Crippen LogP contribution in [0.1, 0.15) is 5.56 Å². The Kier molecular flexibility index (Phi) is 1.69. The van der Waals surface area contributed by atoms with Crippen LogP contribution in [0, 0.1) is 11.3 Å². The van der Waals surface area contributed by atoms with Crippen molar-refractivity contribution in [2.24, 2.45) is 0 Å². The van der Waals surface area contributed by atoms with Gasteiger partial charge in [0.1, 0.15) is 12.4 Å². The first kappa shape index (κ1) is 7.36. The molecule has 2 heterocycles. The minimum Gasteiger partial charge on any atom is -0.263 e. The zero-order chi connectivity index (χ0) is 9.10. The predicted octanol–water partition coefficient (Wildman–Crippen LogP) is -0.0710. The fourth-order valence-electron chi connectivity index (χ4n) is 0.945. The van der Waals surface area contributed by atoms with Crippen LogP contribution in [-0.4, -0.2) is 25.2 Å². The van der Waals surface area contributed by atoms with Crippen molar-refractivity contribution in [3.8, 4) is 11.8 Å². The van der Waals surface area contributed by atoms with Gasteiger partial charge < -0.3 is 0 Å². The maximum Gasteiger partial charge on any atom is 0.143 e. The number of hydrogen-bond acceptors (Lipinski definition) is 5. The Morgan fingerprint density at radius 3 is 3.08 bits per heavy atom. The normalized spacial score (nSPS) is 9.46. The van der Waals surface area contributed by atoms with E-state index in [2.05, 4.69) is 20.5 Å². The maximum atomic E-state index is 8.75. The molecule has 0 N–H and O–H groups in total. The molecule has 0 aromatic carbocycles. The summed E-state index contributed by atoms with van der Waals surface area (Å²) in [7, 11) is 0. The van der Waals surface area contributed by atoms with Gasteiger partial charge in [-0.05, 0) is 16.5 Å². The van der Waals surface area contributed by atoms with Gasteiger partial charge in [0, 0.05) is 12.4 Å². The number of nitriles is 1. The predicted molar refractivity (Wildman–Crippen MR) is 41.7 cm³/mol. The van der Waals surface area contributed by atoms with Gasteiger partial charge in [-0.1, -0.05) is 0 Å². The van der Waals surface area contributed by atoms with E-state index in [0.717, 1.165) is 0 Å². The third-order valence-corrected chi connectivity index (χ3v) is 1.51. The second-order valence-electron chi connectivity index (χ2n) is 2.26. The van der Waals surface area contributed by atoms with E-state index < -0.39 is 0 Å². The SMILES string of the molecule is N#Cc1cnccc1-n1cnnn1. The molecule has 0 spiro atoms. The number of tetrazole rings is 1. The van der Waals surface area contributed by atoms with Gasteiger partial charge in [0.15, 0.2) is 0 Å². The zero-order valence-corrected chi connectivity index (χ0v) is 6.49. The van der Waals surface area contributed by atoms with Gasteiger partial charge in [0.2, 0.25) is 0 Å². The summed E-state index contributed by atoms with van der Waals surface area (Å²) >= 11 is 0. The van der Waals surface area contributed by atoms with Crippen LogP contribution in [0.2, 0.25) is 0 Å². The highest BCUT2D eigenvalue weighted by atomic mass is 15.5. The third-order valence-electron chi connectivity index (χ3n) is 1.51. The molecule has 2 aromatic heterocycles. The lowest BCUT2D eigenvalue weighted by atomic mass is 10.2. The minimum absolute atomic E-state index is 0.440. The van der Waals surface area contributed by atoms with Gasteiger partial charge in [-0.2, -0.15) is 9.94 Å². The smallest absolute Gasteiger partial charge is 0.143 e. The molecule has 0 atom stereocenters. The van der Waals surface area contributed by atoms with E-state index in [0.29, 0.717) is 11.3 Å². The summed E-state index contributed by atoms with van der Waals surface area (Å²) in [5, 5.41) is 19.4. The first-order chi connectivity index (χ1) is 6.42. The lowest BCUT2D eigenvalue weighted by Crippen LogP contribution is -1.98. The lowest BCUT2D eigenvalue weighted by molar-refractivity contribution is 0.786. The van der Waals surface area contributed by atoms with E-state index in [-0.39, 0.29) is 0 Å². The molecule has 0 fully saturated rings. The third kappa shape index (κ3) is 1.22. The molecule has 6 nitrogen and oxygen atoms in total. The highest BCUT2D eigenvalue weighted by Crippen LogP contribution is 2.08. The molecule has 2 aromatic rings. The van der Waals surface area contributed by atoms with Crippen molar-refractivity contribution in [3.63, 3.8) is 0 Å². The summed E-state index contributed by atoms with van der Waals surface area (Å²) in [4.78, 5) is 3.82. The molecule has 0 amide bonds. The molecule has 6 heteroatoms. The quantitative estimate of drug-likeness (QED) is 0.601. The average Bonchev–Trinajstić information content (AvgIpc) is 2.70. The lowest BCUT2D eigenvalue weighted by Gasteiger charge is -1.98. The number of hydrogen-bond donors (Lipinski definition) is 0. The largest absolute Gasteiger partial charge is 0.263 e. The van der Waals surface area contributed by atoms with Crippen molar-refractivity contribution in [3.05, 3.63) is 30.4 Å². The van der Waals surface area contributed by atoms with Crippen molar-refractivity contribution >= 4 is 0 Å². The Morgan fingerprint density at radius 1 is 1.46 bits per heavy atom. The van der Waals surface area contributed by atoms with Crippen molar-refractivity contribution in [2.45, 2.75) is 0 Å². The van der Waals surface area contributed by atoms with E-state index in [1.165, 1.54) is 17.2 Å². The van der Waals surface area contributed by atoms with Crippen LogP contribution in [0.3, 0.4) is 0 Å². The Hall–Kier alpha value is -2.29. The highest BCUT2D eigenvalue weighted by Gasteiger charge is 2.03. The van der Waals surface area contributed by atoms with Crippen LogP contribution in [0.15, 0.2) is 24.8 Å². The Balaban J connectivity index is 2.59. The number of aromatic nitrogens is 5. The van der Waals surface area contributed by atoms with Crippen LogP contribution in [0.25, 0.3) is 5.69 Å². The molecule has 13 heavy (non-hydrogen) atoms. The molecule has 0 bridgehead atoms. The summed E-state index contributed by atoms with van der Waals surface area (Å²) in [6.07, 6.45) is 4.48. The van der Waals surface area contributed by atoms with Crippen LogP contribution < -0.4 is 0 Å². The van der Waals surface area contributed by atoms with Gasteiger partial charge in [0.25, 0.3) is 0 Å². The fraction of sp³-hybridized carbons (Fsp3) is 0. The maximum absolute atomic E-state index is 8.75. The average molecular weight is 172 g/mol. The molecule has 62 valence electrons. The van der Waals surface area contributed by atoms with Crippen LogP contribution in [-0.2, 0) is 0 Å². The van der Waals surface area contributed by atoms with Gasteiger partial charge in [-0.15, -0.1) is 5.10 Å². The molecule has 2 rings (SSSR count). The van der Waals surface area contributed by atoms with E-state index in [9.17, 15) is 0 Å². The van der Waals surface area contributed by atoms with E-state index in [4.69, 9.17) is 5.26 Å². The van der Waals surface area contributed by atoms with E-state index in [1.807, 2.05) is 6.07 Å². The Bertz CT molecular complexity index is 440. The van der Waals surface area contributed by atoms with Crippen LogP contribution in [0.5, 0.6) is 0 Å². The molecule has 0 aliphatic carbocycles. The molecule has 0 saturated heterocycles.